The van der Waals surface area contributed by atoms with Gasteiger partial charge < -0.3 is 19.9 Å². The van der Waals surface area contributed by atoms with Gasteiger partial charge in [0.05, 0.1) is 25.8 Å². The number of hydrogen-bond donors (Lipinski definition) is 2. The van der Waals surface area contributed by atoms with Crippen LogP contribution in [0.25, 0.3) is 0 Å². The van der Waals surface area contributed by atoms with Crippen LogP contribution >= 0.6 is 0 Å². The molecule has 136 valence electrons. The highest BCUT2D eigenvalue weighted by Gasteiger charge is 2.41. The number of nitrogens with one attached hydrogen (secondary N) is 1. The molecule has 1 fully saturated rings. The van der Waals surface area contributed by atoms with E-state index in [0.29, 0.717) is 17.4 Å². The van der Waals surface area contributed by atoms with Gasteiger partial charge in [-0.2, -0.15) is 0 Å². The SMILES string of the molecule is COc1cccc(C2Nc3ccc(C(=O)O)cc3C3CCCC32)c1OC. The number of ether oxygens (including phenoxy) is 2. The third-order valence-electron chi connectivity index (χ3n) is 5.78. The monoisotopic (exact) mass is 353 g/mol. The van der Waals surface area contributed by atoms with Crippen LogP contribution in [-0.2, 0) is 0 Å². The van der Waals surface area contributed by atoms with Gasteiger partial charge in [-0.05, 0) is 54.5 Å². The van der Waals surface area contributed by atoms with Crippen molar-refractivity contribution >= 4 is 11.7 Å². The second kappa shape index (κ2) is 6.56. The summed E-state index contributed by atoms with van der Waals surface area (Å²) in [5, 5.41) is 13.0. The number of para-hydroxylation sites is 1. The Morgan fingerprint density at radius 3 is 2.69 bits per heavy atom. The highest BCUT2D eigenvalue weighted by Crippen LogP contribution is 2.54. The van der Waals surface area contributed by atoms with E-state index in [1.807, 2.05) is 24.3 Å². The van der Waals surface area contributed by atoms with Crippen molar-refractivity contribution in [1.29, 1.82) is 0 Å². The first-order valence-electron chi connectivity index (χ1n) is 8.98. The molecule has 2 aromatic rings. The molecule has 3 unspecified atom stereocenters. The van der Waals surface area contributed by atoms with Gasteiger partial charge in [-0.1, -0.05) is 18.6 Å². The third-order valence-corrected chi connectivity index (χ3v) is 5.78. The van der Waals surface area contributed by atoms with Crippen LogP contribution in [0.5, 0.6) is 11.5 Å². The molecule has 5 heteroatoms. The van der Waals surface area contributed by atoms with Crippen LogP contribution in [0, 0.1) is 5.92 Å². The van der Waals surface area contributed by atoms with Gasteiger partial charge in [-0.15, -0.1) is 0 Å². The van der Waals surface area contributed by atoms with Gasteiger partial charge in [0.2, 0.25) is 0 Å². The number of carboxylic acids is 1. The Balaban J connectivity index is 1.80. The van der Waals surface area contributed by atoms with E-state index >= 15 is 0 Å². The zero-order valence-electron chi connectivity index (χ0n) is 15.0. The van der Waals surface area contributed by atoms with Crippen molar-refractivity contribution in [3.8, 4) is 11.5 Å². The number of aromatic carboxylic acids is 1. The van der Waals surface area contributed by atoms with Crippen LogP contribution < -0.4 is 14.8 Å². The fourth-order valence-corrected chi connectivity index (χ4v) is 4.65. The average molecular weight is 353 g/mol. The largest absolute Gasteiger partial charge is 0.493 e. The van der Waals surface area contributed by atoms with E-state index in [0.717, 1.165) is 47.6 Å². The first kappa shape index (κ1) is 16.8. The molecule has 0 spiro atoms. The van der Waals surface area contributed by atoms with E-state index in [9.17, 15) is 9.90 Å². The maximum atomic E-state index is 11.4. The van der Waals surface area contributed by atoms with Crippen molar-refractivity contribution in [3.05, 3.63) is 53.1 Å². The second-order valence-corrected chi connectivity index (χ2v) is 7.01. The molecular weight excluding hydrogens is 330 g/mol. The first-order chi connectivity index (χ1) is 12.6. The van der Waals surface area contributed by atoms with Crippen LogP contribution in [0.3, 0.4) is 0 Å². The zero-order valence-corrected chi connectivity index (χ0v) is 15.0. The van der Waals surface area contributed by atoms with Crippen molar-refractivity contribution in [3.63, 3.8) is 0 Å². The quantitative estimate of drug-likeness (QED) is 0.850. The molecule has 1 saturated carbocycles. The predicted molar refractivity (Wildman–Crippen MR) is 99.4 cm³/mol. The smallest absolute Gasteiger partial charge is 0.335 e. The van der Waals surface area contributed by atoms with E-state index in [4.69, 9.17) is 9.47 Å². The minimum Gasteiger partial charge on any atom is -0.493 e. The number of methoxy groups -OCH3 is 2. The number of carbonyl (C=O) groups is 1. The Bertz CT molecular complexity index is 848. The number of rotatable bonds is 4. The van der Waals surface area contributed by atoms with Gasteiger partial charge in [-0.25, -0.2) is 4.79 Å². The van der Waals surface area contributed by atoms with Gasteiger partial charge in [0, 0.05) is 11.3 Å². The summed E-state index contributed by atoms with van der Waals surface area (Å²) in [5.74, 6) is 1.40. The Morgan fingerprint density at radius 2 is 1.96 bits per heavy atom. The van der Waals surface area contributed by atoms with E-state index in [-0.39, 0.29) is 6.04 Å². The van der Waals surface area contributed by atoms with Crippen LogP contribution in [0.15, 0.2) is 36.4 Å². The molecule has 3 atom stereocenters. The molecule has 0 amide bonds. The number of benzene rings is 2. The van der Waals surface area contributed by atoms with E-state index in [1.165, 1.54) is 0 Å². The van der Waals surface area contributed by atoms with E-state index in [1.54, 1.807) is 20.3 Å². The molecule has 2 aromatic carbocycles. The summed E-state index contributed by atoms with van der Waals surface area (Å²) >= 11 is 0. The molecular formula is C21H23NO4. The summed E-state index contributed by atoms with van der Waals surface area (Å²) in [6.07, 6.45) is 3.35. The molecule has 5 nitrogen and oxygen atoms in total. The fraction of sp³-hybridized carbons (Fsp3) is 0.381. The highest BCUT2D eigenvalue weighted by atomic mass is 16.5. The summed E-state index contributed by atoms with van der Waals surface area (Å²) in [6.45, 7) is 0. The van der Waals surface area contributed by atoms with Gasteiger partial charge in [0.25, 0.3) is 0 Å². The molecule has 2 N–H and O–H groups in total. The summed E-state index contributed by atoms with van der Waals surface area (Å²) in [6, 6.07) is 11.5. The van der Waals surface area contributed by atoms with Gasteiger partial charge in [0.1, 0.15) is 0 Å². The lowest BCUT2D eigenvalue weighted by Gasteiger charge is -2.38. The van der Waals surface area contributed by atoms with Crippen molar-refractivity contribution < 1.29 is 19.4 Å². The normalized spacial score (nSPS) is 23.5. The molecule has 0 saturated heterocycles. The standard InChI is InChI=1S/C21H23NO4/c1-25-18-8-4-7-15(20(18)26-2)19-14-6-3-5-13(14)16-11-12(21(23)24)9-10-17(16)22-19/h4,7-11,13-14,19,22H,3,5-6H2,1-2H3,(H,23,24). The summed E-state index contributed by atoms with van der Waals surface area (Å²) in [4.78, 5) is 11.4. The number of anilines is 1. The lowest BCUT2D eigenvalue weighted by molar-refractivity contribution is 0.0696. The van der Waals surface area contributed by atoms with Crippen LogP contribution in [0.1, 0.15) is 52.7 Å². The zero-order chi connectivity index (χ0) is 18.3. The predicted octanol–water partition coefficient (Wildman–Crippen LogP) is 4.45. The van der Waals surface area contributed by atoms with Gasteiger partial charge in [0.15, 0.2) is 11.5 Å². The van der Waals surface area contributed by atoms with Crippen molar-refractivity contribution in [2.75, 3.05) is 19.5 Å². The first-order valence-corrected chi connectivity index (χ1v) is 8.98. The second-order valence-electron chi connectivity index (χ2n) is 7.01. The Morgan fingerprint density at radius 1 is 1.12 bits per heavy atom. The number of carboxylic acid groups (broad SMARTS) is 1. The Hall–Kier alpha value is -2.69. The maximum absolute atomic E-state index is 11.4. The van der Waals surface area contributed by atoms with Gasteiger partial charge >= 0.3 is 5.97 Å². The fourth-order valence-electron chi connectivity index (χ4n) is 4.65. The van der Waals surface area contributed by atoms with E-state index in [2.05, 4.69) is 11.4 Å². The molecule has 0 radical (unpaired) electrons. The highest BCUT2D eigenvalue weighted by molar-refractivity contribution is 5.88. The summed E-state index contributed by atoms with van der Waals surface area (Å²) in [5.41, 5.74) is 3.60. The molecule has 26 heavy (non-hydrogen) atoms. The lowest BCUT2D eigenvalue weighted by Crippen LogP contribution is -2.29. The van der Waals surface area contributed by atoms with Crippen LogP contribution in [0.2, 0.25) is 0 Å². The third kappa shape index (κ3) is 2.59. The van der Waals surface area contributed by atoms with Crippen LogP contribution in [-0.4, -0.2) is 25.3 Å². The lowest BCUT2D eigenvalue weighted by atomic mass is 9.76. The van der Waals surface area contributed by atoms with Crippen molar-refractivity contribution in [1.82, 2.24) is 0 Å². The van der Waals surface area contributed by atoms with E-state index < -0.39 is 5.97 Å². The molecule has 1 aliphatic carbocycles. The Labute approximate surface area is 152 Å². The minimum absolute atomic E-state index is 0.121. The maximum Gasteiger partial charge on any atom is 0.335 e. The minimum atomic E-state index is -0.876. The van der Waals surface area contributed by atoms with Gasteiger partial charge in [-0.3, -0.25) is 0 Å². The molecule has 1 aliphatic heterocycles. The van der Waals surface area contributed by atoms with Crippen molar-refractivity contribution in [2.45, 2.75) is 31.2 Å². The topological polar surface area (TPSA) is 67.8 Å². The molecule has 0 bridgehead atoms. The van der Waals surface area contributed by atoms with Crippen molar-refractivity contribution in [2.24, 2.45) is 5.92 Å². The summed E-state index contributed by atoms with van der Waals surface area (Å²) in [7, 11) is 3.32. The molecule has 1 heterocycles. The summed E-state index contributed by atoms with van der Waals surface area (Å²) < 4.78 is 11.1. The average Bonchev–Trinajstić information content (AvgIpc) is 3.16. The number of fused-ring (bicyclic) bond motifs is 3. The molecule has 2 aliphatic rings. The Kier molecular flexibility index (Phi) is 4.23. The number of hydrogen-bond acceptors (Lipinski definition) is 4. The van der Waals surface area contributed by atoms with Crippen LogP contribution in [0.4, 0.5) is 5.69 Å². The molecule has 0 aromatic heterocycles. The molecule has 4 rings (SSSR count).